The standard InChI is InChI=1S/C19H23N3O5S/c1-18(2)13(17(26)27)21-15(25)12(16(21)28-18)22-14(24)11(20-19(22,3)4)9-5-7-10(23)8-6-9/h5-8,11-13,16,20,23H,1-4H3,(H,26,27)/t11?,12-,13+,16-/m1/s1. The number of benzene rings is 1. The van der Waals surface area contributed by atoms with Crippen LogP contribution in [0.1, 0.15) is 39.3 Å². The minimum atomic E-state index is -1.03. The van der Waals surface area contributed by atoms with Gasteiger partial charge in [0.25, 0.3) is 0 Å². The SMILES string of the molecule is CC1(C)S[C@@H]2[C@H](N3C(=O)C(c4ccc(O)cc4)NC3(C)C)C(=O)N2[C@H]1C(=O)O. The van der Waals surface area contributed by atoms with Crippen LogP contribution in [0.3, 0.4) is 0 Å². The number of aliphatic carboxylic acids is 1. The molecule has 4 atom stereocenters. The van der Waals surface area contributed by atoms with Crippen LogP contribution in [0.2, 0.25) is 0 Å². The Kier molecular flexibility index (Phi) is 4.00. The maximum Gasteiger partial charge on any atom is 0.327 e. The second-order valence-corrected chi connectivity index (χ2v) is 10.3. The van der Waals surface area contributed by atoms with Crippen molar-refractivity contribution in [2.24, 2.45) is 0 Å². The van der Waals surface area contributed by atoms with Crippen molar-refractivity contribution >= 4 is 29.5 Å². The van der Waals surface area contributed by atoms with E-state index in [0.717, 1.165) is 0 Å². The fourth-order valence-electron chi connectivity index (χ4n) is 4.51. The van der Waals surface area contributed by atoms with Gasteiger partial charge in [0.2, 0.25) is 11.8 Å². The molecule has 0 bridgehead atoms. The highest BCUT2D eigenvalue weighted by Gasteiger charge is 2.68. The lowest BCUT2D eigenvalue weighted by atomic mass is 9.94. The van der Waals surface area contributed by atoms with Crippen molar-refractivity contribution < 1.29 is 24.6 Å². The van der Waals surface area contributed by atoms with Gasteiger partial charge in [-0.1, -0.05) is 12.1 Å². The average Bonchev–Trinajstić information content (AvgIpc) is 2.98. The summed E-state index contributed by atoms with van der Waals surface area (Å²) >= 11 is 1.42. The van der Waals surface area contributed by atoms with Crippen molar-refractivity contribution in [2.75, 3.05) is 0 Å². The van der Waals surface area contributed by atoms with Crippen LogP contribution in [0.5, 0.6) is 5.75 Å². The first-order valence-electron chi connectivity index (χ1n) is 9.08. The summed E-state index contributed by atoms with van der Waals surface area (Å²) in [5.41, 5.74) is -0.0808. The quantitative estimate of drug-likeness (QED) is 0.646. The van der Waals surface area contributed by atoms with Crippen LogP contribution in [0.4, 0.5) is 0 Å². The number of nitrogens with one attached hydrogen (secondary N) is 1. The van der Waals surface area contributed by atoms with Crippen LogP contribution in [-0.2, 0) is 14.4 Å². The Morgan fingerprint density at radius 2 is 1.71 bits per heavy atom. The van der Waals surface area contributed by atoms with E-state index in [1.165, 1.54) is 28.8 Å². The lowest BCUT2D eigenvalue weighted by molar-refractivity contribution is -0.170. The summed E-state index contributed by atoms with van der Waals surface area (Å²) in [4.78, 5) is 40.9. The summed E-state index contributed by atoms with van der Waals surface area (Å²) in [5, 5.41) is 22.0. The molecule has 0 aromatic heterocycles. The minimum absolute atomic E-state index is 0.111. The van der Waals surface area contributed by atoms with Crippen molar-refractivity contribution in [3.8, 4) is 5.75 Å². The number of carboxylic acid groups (broad SMARTS) is 1. The molecule has 4 rings (SSSR count). The smallest absolute Gasteiger partial charge is 0.327 e. The monoisotopic (exact) mass is 405 g/mol. The number of phenolic OH excluding ortho intramolecular Hbond substituents is 1. The zero-order valence-corrected chi connectivity index (χ0v) is 16.9. The number of hydrogen-bond acceptors (Lipinski definition) is 6. The third-order valence-corrected chi connectivity index (χ3v) is 7.29. The number of β-lactam (4-membered cyclic amide) rings is 1. The molecule has 0 spiro atoms. The van der Waals surface area contributed by atoms with Crippen molar-refractivity contribution in [1.82, 2.24) is 15.1 Å². The van der Waals surface area contributed by atoms with E-state index in [1.54, 1.807) is 17.0 Å². The molecule has 3 saturated heterocycles. The number of rotatable bonds is 3. The third kappa shape index (κ3) is 2.52. The number of carbonyl (C=O) groups excluding carboxylic acids is 2. The first-order chi connectivity index (χ1) is 13.0. The van der Waals surface area contributed by atoms with E-state index in [9.17, 15) is 24.6 Å². The number of thioether (sulfide) groups is 1. The number of fused-ring (bicyclic) bond motifs is 1. The molecule has 3 N–H and O–H groups in total. The van der Waals surface area contributed by atoms with E-state index in [2.05, 4.69) is 5.32 Å². The van der Waals surface area contributed by atoms with Crippen LogP contribution in [-0.4, -0.2) is 65.7 Å². The summed E-state index contributed by atoms with van der Waals surface area (Å²) in [6.07, 6.45) is 0. The Balaban J connectivity index is 1.64. The molecule has 1 aromatic carbocycles. The van der Waals surface area contributed by atoms with E-state index >= 15 is 0 Å². The molecule has 3 heterocycles. The van der Waals surface area contributed by atoms with Crippen molar-refractivity contribution in [2.45, 2.75) is 61.6 Å². The molecule has 150 valence electrons. The van der Waals surface area contributed by atoms with Gasteiger partial charge in [-0.25, -0.2) is 4.79 Å². The number of carbonyl (C=O) groups is 3. The normalized spacial score (nSPS) is 33.0. The predicted octanol–water partition coefficient (Wildman–Crippen LogP) is 1.12. The summed E-state index contributed by atoms with van der Waals surface area (Å²) < 4.78 is -0.641. The van der Waals surface area contributed by atoms with Crippen LogP contribution >= 0.6 is 11.8 Å². The van der Waals surface area contributed by atoms with Gasteiger partial charge in [-0.3, -0.25) is 14.9 Å². The van der Waals surface area contributed by atoms with E-state index in [-0.39, 0.29) is 22.9 Å². The Hall–Kier alpha value is -2.26. The summed E-state index contributed by atoms with van der Waals surface area (Å²) in [6, 6.07) is 4.14. The number of amides is 2. The fourth-order valence-corrected chi connectivity index (χ4v) is 6.18. The van der Waals surface area contributed by atoms with Crippen LogP contribution < -0.4 is 5.32 Å². The zero-order valence-electron chi connectivity index (χ0n) is 16.0. The minimum Gasteiger partial charge on any atom is -0.508 e. The van der Waals surface area contributed by atoms with Gasteiger partial charge < -0.3 is 20.0 Å². The maximum absolute atomic E-state index is 13.3. The number of carboxylic acids is 1. The number of hydrogen-bond donors (Lipinski definition) is 3. The van der Waals surface area contributed by atoms with E-state index < -0.39 is 34.5 Å². The molecule has 1 unspecified atom stereocenters. The molecule has 3 aliphatic rings. The van der Waals surface area contributed by atoms with Gasteiger partial charge in [0.05, 0.1) is 5.66 Å². The molecule has 0 saturated carbocycles. The van der Waals surface area contributed by atoms with Gasteiger partial charge in [0.1, 0.15) is 29.2 Å². The zero-order chi connectivity index (χ0) is 20.6. The predicted molar refractivity (Wildman–Crippen MR) is 102 cm³/mol. The highest BCUT2D eigenvalue weighted by Crippen LogP contribution is 2.53. The van der Waals surface area contributed by atoms with Crippen LogP contribution in [0.15, 0.2) is 24.3 Å². The number of nitrogens with zero attached hydrogens (tertiary/aromatic N) is 2. The number of phenols is 1. The molecule has 28 heavy (non-hydrogen) atoms. The van der Waals surface area contributed by atoms with E-state index in [1.807, 2.05) is 27.7 Å². The molecule has 2 amide bonds. The van der Waals surface area contributed by atoms with Gasteiger partial charge >= 0.3 is 5.97 Å². The van der Waals surface area contributed by atoms with Crippen LogP contribution in [0.25, 0.3) is 0 Å². The average molecular weight is 405 g/mol. The van der Waals surface area contributed by atoms with Crippen molar-refractivity contribution in [3.63, 3.8) is 0 Å². The molecular formula is C19H23N3O5S. The fraction of sp³-hybridized carbons (Fsp3) is 0.526. The molecular weight excluding hydrogens is 382 g/mol. The number of aromatic hydroxyl groups is 1. The third-order valence-electron chi connectivity index (χ3n) is 5.74. The van der Waals surface area contributed by atoms with Crippen molar-refractivity contribution in [3.05, 3.63) is 29.8 Å². The van der Waals surface area contributed by atoms with E-state index in [4.69, 9.17) is 0 Å². The Morgan fingerprint density at radius 3 is 2.29 bits per heavy atom. The van der Waals surface area contributed by atoms with E-state index in [0.29, 0.717) is 5.56 Å². The summed E-state index contributed by atoms with van der Waals surface area (Å²) in [7, 11) is 0. The first-order valence-corrected chi connectivity index (χ1v) is 9.96. The largest absolute Gasteiger partial charge is 0.508 e. The highest BCUT2D eigenvalue weighted by molar-refractivity contribution is 8.01. The molecule has 9 heteroatoms. The van der Waals surface area contributed by atoms with Gasteiger partial charge in [-0.05, 0) is 45.4 Å². The van der Waals surface area contributed by atoms with Gasteiger partial charge in [0.15, 0.2) is 0 Å². The Bertz CT molecular complexity index is 869. The summed E-state index contributed by atoms with van der Waals surface area (Å²) in [6.45, 7) is 7.29. The first kappa shape index (κ1) is 19.1. The Labute approximate surface area is 166 Å². The molecule has 0 aliphatic carbocycles. The van der Waals surface area contributed by atoms with Gasteiger partial charge in [-0.2, -0.15) is 0 Å². The topological polar surface area (TPSA) is 110 Å². The lowest BCUT2D eigenvalue weighted by Crippen LogP contribution is -2.73. The highest BCUT2D eigenvalue weighted by atomic mass is 32.2. The summed E-state index contributed by atoms with van der Waals surface area (Å²) in [5.74, 6) is -1.48. The second kappa shape index (κ2) is 5.87. The molecule has 8 nitrogen and oxygen atoms in total. The van der Waals surface area contributed by atoms with Crippen molar-refractivity contribution in [1.29, 1.82) is 0 Å². The Morgan fingerprint density at radius 1 is 1.11 bits per heavy atom. The molecule has 3 fully saturated rings. The maximum atomic E-state index is 13.3. The molecule has 0 radical (unpaired) electrons. The van der Waals surface area contributed by atoms with Gasteiger partial charge in [-0.15, -0.1) is 11.8 Å². The molecule has 1 aromatic rings. The van der Waals surface area contributed by atoms with Crippen LogP contribution in [0, 0.1) is 0 Å². The lowest BCUT2D eigenvalue weighted by Gasteiger charge is -2.50. The molecule has 3 aliphatic heterocycles. The van der Waals surface area contributed by atoms with Gasteiger partial charge in [0, 0.05) is 4.75 Å². The second-order valence-electron chi connectivity index (χ2n) is 8.48.